The maximum absolute atomic E-state index is 12.5. The molecule has 0 heterocycles. The van der Waals surface area contributed by atoms with Crippen molar-refractivity contribution in [2.45, 2.75) is 20.3 Å². The predicted octanol–water partition coefficient (Wildman–Crippen LogP) is 4.39. The number of anilines is 1. The van der Waals surface area contributed by atoms with Crippen molar-refractivity contribution in [2.24, 2.45) is 5.92 Å². The molecule has 0 fully saturated rings. The number of phenolic OH excluding ortho intramolecular Hbond substituents is 1. The van der Waals surface area contributed by atoms with E-state index in [4.69, 9.17) is 0 Å². The average Bonchev–Trinajstić information content (AvgIpc) is 2.57. The first-order valence-electron chi connectivity index (χ1n) is 7.83. The lowest BCUT2D eigenvalue weighted by Gasteiger charge is -2.12. The van der Waals surface area contributed by atoms with Crippen LogP contribution in [0, 0.1) is 5.92 Å². The Labute approximate surface area is 155 Å². The number of benzene rings is 2. The molecule has 0 aliphatic carbocycles. The summed E-state index contributed by atoms with van der Waals surface area (Å²) in [6.45, 7) is 4.18. The van der Waals surface area contributed by atoms with Gasteiger partial charge in [-0.05, 0) is 64.2 Å². The molecule has 0 saturated heterocycles. The highest BCUT2D eigenvalue weighted by Crippen LogP contribution is 2.26. The van der Waals surface area contributed by atoms with Crippen LogP contribution < -0.4 is 5.32 Å². The van der Waals surface area contributed by atoms with Crippen LogP contribution in [0.15, 0.2) is 40.9 Å². The van der Waals surface area contributed by atoms with Crippen molar-refractivity contribution in [2.75, 3.05) is 12.4 Å². The van der Waals surface area contributed by atoms with Crippen LogP contribution in [0.3, 0.4) is 0 Å². The number of methoxy groups -OCH3 is 1. The van der Waals surface area contributed by atoms with Crippen LogP contribution in [0.25, 0.3) is 0 Å². The van der Waals surface area contributed by atoms with Gasteiger partial charge in [0.25, 0.3) is 5.91 Å². The van der Waals surface area contributed by atoms with E-state index in [-0.39, 0.29) is 11.3 Å². The molecule has 0 aliphatic heterocycles. The molecule has 132 valence electrons. The van der Waals surface area contributed by atoms with Gasteiger partial charge in [0.15, 0.2) is 0 Å². The number of nitrogens with one attached hydrogen (secondary N) is 1. The van der Waals surface area contributed by atoms with Crippen LogP contribution in [0.5, 0.6) is 5.75 Å². The van der Waals surface area contributed by atoms with Crippen molar-refractivity contribution in [3.05, 3.63) is 57.6 Å². The maximum atomic E-state index is 12.5. The first-order chi connectivity index (χ1) is 11.8. The van der Waals surface area contributed by atoms with Crippen molar-refractivity contribution < 1.29 is 19.4 Å². The van der Waals surface area contributed by atoms with Crippen molar-refractivity contribution in [3.63, 3.8) is 0 Å². The van der Waals surface area contributed by atoms with Gasteiger partial charge in [0, 0.05) is 4.47 Å². The number of phenols is 1. The van der Waals surface area contributed by atoms with Gasteiger partial charge in [-0.3, -0.25) is 4.79 Å². The average molecular weight is 406 g/mol. The lowest BCUT2D eigenvalue weighted by atomic mass is 10.00. The maximum Gasteiger partial charge on any atom is 0.337 e. The lowest BCUT2D eigenvalue weighted by Crippen LogP contribution is -2.13. The Morgan fingerprint density at radius 3 is 2.52 bits per heavy atom. The van der Waals surface area contributed by atoms with Crippen LogP contribution in [0.1, 0.15) is 40.1 Å². The molecule has 5 nitrogen and oxygen atoms in total. The highest BCUT2D eigenvalue weighted by molar-refractivity contribution is 9.10. The summed E-state index contributed by atoms with van der Waals surface area (Å²) in [7, 11) is 1.30. The largest absolute Gasteiger partial charge is 0.507 e. The number of carbonyl (C=O) groups is 2. The fourth-order valence-electron chi connectivity index (χ4n) is 2.41. The number of ether oxygens (including phenoxy) is 1. The molecule has 0 unspecified atom stereocenters. The molecule has 0 saturated carbocycles. The minimum atomic E-state index is -0.461. The van der Waals surface area contributed by atoms with E-state index in [2.05, 4.69) is 39.8 Å². The standard InChI is InChI=1S/C19H20BrNO4/c1-11(2)8-12-4-7-17(22)14(9-12)18(23)21-16-6-5-13(10-15(16)20)19(24)25-3/h4-7,9-11,22H,8H2,1-3H3,(H,21,23). The molecule has 0 bridgehead atoms. The zero-order valence-corrected chi connectivity index (χ0v) is 15.9. The molecule has 0 aromatic heterocycles. The summed E-state index contributed by atoms with van der Waals surface area (Å²) in [6.07, 6.45) is 0.818. The molecule has 0 atom stereocenters. The summed E-state index contributed by atoms with van der Waals surface area (Å²) in [4.78, 5) is 24.0. The summed E-state index contributed by atoms with van der Waals surface area (Å²) in [5, 5.41) is 12.7. The summed E-state index contributed by atoms with van der Waals surface area (Å²) in [6, 6.07) is 9.76. The van der Waals surface area contributed by atoms with E-state index in [1.54, 1.807) is 24.3 Å². The summed E-state index contributed by atoms with van der Waals surface area (Å²) in [5.74, 6) is -0.514. The van der Waals surface area contributed by atoms with Crippen molar-refractivity contribution in [1.82, 2.24) is 0 Å². The molecule has 0 spiro atoms. The lowest BCUT2D eigenvalue weighted by molar-refractivity contribution is 0.0600. The normalized spacial score (nSPS) is 10.6. The first kappa shape index (κ1) is 19.0. The van der Waals surface area contributed by atoms with Gasteiger partial charge >= 0.3 is 5.97 Å². The third-order valence-electron chi connectivity index (χ3n) is 3.59. The smallest absolute Gasteiger partial charge is 0.337 e. The number of amides is 1. The molecule has 2 aromatic rings. The van der Waals surface area contributed by atoms with Gasteiger partial charge in [0.1, 0.15) is 5.75 Å². The van der Waals surface area contributed by atoms with E-state index in [1.165, 1.54) is 13.2 Å². The van der Waals surface area contributed by atoms with Crippen molar-refractivity contribution in [1.29, 1.82) is 0 Å². The predicted molar refractivity (Wildman–Crippen MR) is 100 cm³/mol. The minimum Gasteiger partial charge on any atom is -0.507 e. The zero-order valence-electron chi connectivity index (χ0n) is 14.3. The van der Waals surface area contributed by atoms with Gasteiger partial charge in [-0.2, -0.15) is 0 Å². The number of hydrogen-bond acceptors (Lipinski definition) is 4. The van der Waals surface area contributed by atoms with Crippen LogP contribution in [0.4, 0.5) is 5.69 Å². The Bertz CT molecular complexity index is 802. The molecule has 0 radical (unpaired) electrons. The first-order valence-corrected chi connectivity index (χ1v) is 8.62. The summed E-state index contributed by atoms with van der Waals surface area (Å²) >= 11 is 3.33. The molecular weight excluding hydrogens is 386 g/mol. The molecule has 6 heteroatoms. The second-order valence-corrected chi connectivity index (χ2v) is 6.94. The van der Waals surface area contributed by atoms with E-state index in [9.17, 15) is 14.7 Å². The topological polar surface area (TPSA) is 75.6 Å². The summed E-state index contributed by atoms with van der Waals surface area (Å²) in [5.41, 5.74) is 2.06. The number of esters is 1. The highest BCUT2D eigenvalue weighted by Gasteiger charge is 2.15. The number of aromatic hydroxyl groups is 1. The van der Waals surface area contributed by atoms with Gasteiger partial charge in [0.2, 0.25) is 0 Å². The Hall–Kier alpha value is -2.34. The second kappa shape index (κ2) is 8.16. The van der Waals surface area contributed by atoms with Gasteiger partial charge in [0.05, 0.1) is 23.9 Å². The Morgan fingerprint density at radius 2 is 1.92 bits per heavy atom. The fraction of sp³-hybridized carbons (Fsp3) is 0.263. The van der Waals surface area contributed by atoms with Crippen molar-refractivity contribution >= 4 is 33.5 Å². The van der Waals surface area contributed by atoms with E-state index < -0.39 is 11.9 Å². The molecule has 1 amide bonds. The van der Waals surface area contributed by atoms with E-state index in [0.29, 0.717) is 21.6 Å². The van der Waals surface area contributed by atoms with Crippen LogP contribution in [-0.2, 0) is 11.2 Å². The highest BCUT2D eigenvalue weighted by atomic mass is 79.9. The van der Waals surface area contributed by atoms with Gasteiger partial charge < -0.3 is 15.2 Å². The van der Waals surface area contributed by atoms with E-state index >= 15 is 0 Å². The van der Waals surface area contributed by atoms with Crippen LogP contribution in [-0.4, -0.2) is 24.1 Å². The van der Waals surface area contributed by atoms with Gasteiger partial charge in [-0.1, -0.05) is 19.9 Å². The number of carbonyl (C=O) groups excluding carboxylic acids is 2. The zero-order chi connectivity index (χ0) is 18.6. The van der Waals surface area contributed by atoms with E-state index in [1.807, 2.05) is 6.07 Å². The molecule has 0 aliphatic rings. The third kappa shape index (κ3) is 4.82. The molecule has 2 N–H and O–H groups in total. The number of rotatable bonds is 5. The Kier molecular flexibility index (Phi) is 6.20. The molecular formula is C19H20BrNO4. The van der Waals surface area contributed by atoms with Crippen molar-refractivity contribution in [3.8, 4) is 5.75 Å². The van der Waals surface area contributed by atoms with Gasteiger partial charge in [-0.25, -0.2) is 4.79 Å². The Balaban J connectivity index is 2.23. The quantitative estimate of drug-likeness (QED) is 0.723. The third-order valence-corrected chi connectivity index (χ3v) is 4.24. The molecule has 2 aromatic carbocycles. The SMILES string of the molecule is COC(=O)c1ccc(NC(=O)c2cc(CC(C)C)ccc2O)c(Br)c1. The summed E-state index contributed by atoms with van der Waals surface area (Å²) < 4.78 is 5.20. The van der Waals surface area contributed by atoms with Gasteiger partial charge in [-0.15, -0.1) is 0 Å². The van der Waals surface area contributed by atoms with E-state index in [0.717, 1.165) is 12.0 Å². The van der Waals surface area contributed by atoms with Crippen LogP contribution >= 0.6 is 15.9 Å². The monoisotopic (exact) mass is 405 g/mol. The second-order valence-electron chi connectivity index (χ2n) is 6.09. The van der Waals surface area contributed by atoms with Crippen LogP contribution in [0.2, 0.25) is 0 Å². The Morgan fingerprint density at radius 1 is 1.20 bits per heavy atom. The minimum absolute atomic E-state index is 0.0766. The molecule has 25 heavy (non-hydrogen) atoms. The number of halogens is 1. The molecule has 2 rings (SSSR count). The number of hydrogen-bond donors (Lipinski definition) is 2. The fourth-order valence-corrected chi connectivity index (χ4v) is 2.89.